The van der Waals surface area contributed by atoms with E-state index in [2.05, 4.69) is 15.2 Å². The molecule has 0 radical (unpaired) electrons. The fourth-order valence-electron chi connectivity index (χ4n) is 4.18. The van der Waals surface area contributed by atoms with Crippen LogP contribution in [0, 0.1) is 17.0 Å². The van der Waals surface area contributed by atoms with E-state index in [4.69, 9.17) is 4.74 Å². The second kappa shape index (κ2) is 10.7. The Balaban J connectivity index is 1.35. The van der Waals surface area contributed by atoms with Crippen molar-refractivity contribution in [2.24, 2.45) is 5.41 Å². The molecule has 7 heteroatoms. The van der Waals surface area contributed by atoms with E-state index < -0.39 is 11.5 Å². The van der Waals surface area contributed by atoms with Crippen LogP contribution in [-0.4, -0.2) is 42.0 Å². The van der Waals surface area contributed by atoms with Crippen molar-refractivity contribution in [2.45, 2.75) is 25.8 Å². The van der Waals surface area contributed by atoms with Crippen molar-refractivity contribution in [2.75, 3.05) is 26.2 Å². The van der Waals surface area contributed by atoms with Gasteiger partial charge in [-0.15, -0.1) is 0 Å². The number of halogens is 2. The normalized spacial score (nSPS) is 16.6. The Morgan fingerprint density at radius 3 is 2.44 bits per heavy atom. The van der Waals surface area contributed by atoms with Gasteiger partial charge in [0.1, 0.15) is 12.4 Å². The van der Waals surface area contributed by atoms with Gasteiger partial charge in [-0.05, 0) is 67.9 Å². The number of aromatic nitrogens is 1. The van der Waals surface area contributed by atoms with Crippen molar-refractivity contribution in [3.63, 3.8) is 0 Å². The van der Waals surface area contributed by atoms with Crippen LogP contribution in [0.15, 0.2) is 72.9 Å². The first-order valence-electron chi connectivity index (χ1n) is 11.5. The van der Waals surface area contributed by atoms with Crippen LogP contribution in [0.1, 0.15) is 37.1 Å². The molecule has 0 aliphatic carbocycles. The summed E-state index contributed by atoms with van der Waals surface area (Å²) in [6, 6.07) is 17.6. The predicted octanol–water partition coefficient (Wildman–Crippen LogP) is 4.75. The van der Waals surface area contributed by atoms with Crippen LogP contribution in [-0.2, 0) is 4.79 Å². The molecule has 178 valence electrons. The third-order valence-corrected chi connectivity index (χ3v) is 6.47. The zero-order valence-electron chi connectivity index (χ0n) is 19.2. The lowest BCUT2D eigenvalue weighted by molar-refractivity contribution is -0.133. The topological polar surface area (TPSA) is 54.5 Å². The standard InChI is InChI=1S/C27H29F2N3O2/c1-27(13-16-32(17-14-27)18-19-34-24-8-3-2-6-22(24)29)26(33)31-25(23-7-4-5-15-30-23)20-9-11-21(28)12-10-20/h2-12,15,25H,13-14,16-19H2,1H3,(H,31,33). The molecule has 1 aromatic heterocycles. The smallest absolute Gasteiger partial charge is 0.226 e. The van der Waals surface area contributed by atoms with E-state index in [-0.39, 0.29) is 23.3 Å². The van der Waals surface area contributed by atoms with Crippen LogP contribution < -0.4 is 10.1 Å². The lowest BCUT2D eigenvalue weighted by Crippen LogP contribution is -2.48. The van der Waals surface area contributed by atoms with Crippen LogP contribution in [0.25, 0.3) is 0 Å². The first kappa shape index (κ1) is 23.8. The third-order valence-electron chi connectivity index (χ3n) is 6.47. The molecule has 3 aromatic rings. The Bertz CT molecular complexity index is 1080. The van der Waals surface area contributed by atoms with E-state index >= 15 is 0 Å². The van der Waals surface area contributed by atoms with Crippen molar-refractivity contribution < 1.29 is 18.3 Å². The van der Waals surface area contributed by atoms with Crippen molar-refractivity contribution >= 4 is 5.91 Å². The van der Waals surface area contributed by atoms with Gasteiger partial charge in [0, 0.05) is 18.2 Å². The van der Waals surface area contributed by atoms with Crippen LogP contribution in [0.4, 0.5) is 8.78 Å². The second-order valence-electron chi connectivity index (χ2n) is 8.89. The van der Waals surface area contributed by atoms with Gasteiger partial charge >= 0.3 is 0 Å². The molecular weight excluding hydrogens is 436 g/mol. The molecule has 1 aliphatic heterocycles. The second-order valence-corrected chi connectivity index (χ2v) is 8.89. The Hall–Kier alpha value is -3.32. The largest absolute Gasteiger partial charge is 0.489 e. The van der Waals surface area contributed by atoms with Gasteiger partial charge in [0.25, 0.3) is 0 Å². The highest BCUT2D eigenvalue weighted by Crippen LogP contribution is 2.33. The number of benzene rings is 2. The van der Waals surface area contributed by atoms with Gasteiger partial charge in [-0.2, -0.15) is 0 Å². The molecule has 1 amide bonds. The van der Waals surface area contributed by atoms with E-state index in [0.29, 0.717) is 31.7 Å². The van der Waals surface area contributed by atoms with E-state index in [1.807, 2.05) is 25.1 Å². The summed E-state index contributed by atoms with van der Waals surface area (Å²) in [5.74, 6) is -0.484. The average Bonchev–Trinajstić information content (AvgIpc) is 2.86. The molecule has 0 spiro atoms. The maximum atomic E-state index is 13.7. The van der Waals surface area contributed by atoms with Gasteiger partial charge < -0.3 is 10.1 Å². The Morgan fingerprint density at radius 1 is 1.06 bits per heavy atom. The van der Waals surface area contributed by atoms with Gasteiger partial charge in [0.15, 0.2) is 11.6 Å². The fraction of sp³-hybridized carbons (Fsp3) is 0.333. The van der Waals surface area contributed by atoms with E-state index in [1.165, 1.54) is 18.2 Å². The summed E-state index contributed by atoms with van der Waals surface area (Å²) in [6.07, 6.45) is 3.06. The van der Waals surface area contributed by atoms with E-state index in [1.54, 1.807) is 36.5 Å². The number of carbonyl (C=O) groups is 1. The highest BCUT2D eigenvalue weighted by atomic mass is 19.1. The van der Waals surface area contributed by atoms with Crippen LogP contribution >= 0.6 is 0 Å². The number of hydrogen-bond acceptors (Lipinski definition) is 4. The minimum atomic E-state index is -0.532. The number of piperidine rings is 1. The fourth-order valence-corrected chi connectivity index (χ4v) is 4.18. The number of nitrogens with zero attached hydrogens (tertiary/aromatic N) is 2. The van der Waals surface area contributed by atoms with Crippen molar-refractivity contribution in [3.8, 4) is 5.75 Å². The summed E-state index contributed by atoms with van der Waals surface area (Å²) in [4.78, 5) is 20.0. The third kappa shape index (κ3) is 5.78. The molecule has 5 nitrogen and oxygen atoms in total. The first-order chi connectivity index (χ1) is 16.4. The van der Waals surface area contributed by atoms with E-state index in [0.717, 1.165) is 18.7 Å². The maximum Gasteiger partial charge on any atom is 0.226 e. The summed E-state index contributed by atoms with van der Waals surface area (Å²) in [5.41, 5.74) is 0.948. The molecule has 1 saturated heterocycles. The molecule has 34 heavy (non-hydrogen) atoms. The van der Waals surface area contributed by atoms with Gasteiger partial charge in [-0.3, -0.25) is 14.7 Å². The highest BCUT2D eigenvalue weighted by Gasteiger charge is 2.38. The number of nitrogens with one attached hydrogen (secondary N) is 1. The number of ether oxygens (including phenoxy) is 1. The molecule has 1 aliphatic rings. The van der Waals surface area contributed by atoms with Gasteiger partial charge in [-0.1, -0.05) is 37.3 Å². The Kier molecular flexibility index (Phi) is 7.53. The number of likely N-dealkylation sites (tertiary alicyclic amines) is 1. The first-order valence-corrected chi connectivity index (χ1v) is 11.5. The Morgan fingerprint density at radius 2 is 1.76 bits per heavy atom. The molecule has 1 unspecified atom stereocenters. The minimum Gasteiger partial charge on any atom is -0.489 e. The summed E-state index contributed by atoms with van der Waals surface area (Å²) >= 11 is 0. The molecular formula is C27H29F2N3O2. The maximum absolute atomic E-state index is 13.7. The van der Waals surface area contributed by atoms with Crippen LogP contribution in [0.2, 0.25) is 0 Å². The zero-order valence-corrected chi connectivity index (χ0v) is 19.2. The molecule has 2 heterocycles. The summed E-state index contributed by atoms with van der Waals surface area (Å²) in [5, 5.41) is 3.16. The SMILES string of the molecule is CC1(C(=O)NC(c2ccc(F)cc2)c2ccccn2)CCN(CCOc2ccccc2F)CC1. The molecule has 4 rings (SSSR count). The lowest BCUT2D eigenvalue weighted by atomic mass is 9.79. The molecule has 0 saturated carbocycles. The van der Waals surface area contributed by atoms with Crippen molar-refractivity contribution in [1.29, 1.82) is 0 Å². The Labute approximate surface area is 198 Å². The zero-order chi connectivity index (χ0) is 24.0. The number of hydrogen-bond donors (Lipinski definition) is 1. The molecule has 1 atom stereocenters. The molecule has 1 N–H and O–H groups in total. The van der Waals surface area contributed by atoms with Crippen molar-refractivity contribution in [3.05, 3.63) is 95.8 Å². The number of pyridine rings is 1. The summed E-state index contributed by atoms with van der Waals surface area (Å²) in [6.45, 7) is 4.52. The predicted molar refractivity (Wildman–Crippen MR) is 126 cm³/mol. The van der Waals surface area contributed by atoms with Crippen LogP contribution in [0.5, 0.6) is 5.75 Å². The summed E-state index contributed by atoms with van der Waals surface area (Å²) < 4.78 is 32.8. The quantitative estimate of drug-likeness (QED) is 0.522. The number of para-hydroxylation sites is 1. The van der Waals surface area contributed by atoms with E-state index in [9.17, 15) is 13.6 Å². The number of amides is 1. The van der Waals surface area contributed by atoms with Crippen LogP contribution in [0.3, 0.4) is 0 Å². The van der Waals surface area contributed by atoms with Gasteiger partial charge in [0.2, 0.25) is 5.91 Å². The number of carbonyl (C=O) groups excluding carboxylic acids is 1. The molecule has 0 bridgehead atoms. The molecule has 1 fully saturated rings. The number of rotatable bonds is 8. The lowest BCUT2D eigenvalue weighted by Gasteiger charge is -2.39. The minimum absolute atomic E-state index is 0.0465. The van der Waals surface area contributed by atoms with Crippen molar-refractivity contribution in [1.82, 2.24) is 15.2 Å². The average molecular weight is 466 g/mol. The summed E-state index contributed by atoms with van der Waals surface area (Å²) in [7, 11) is 0. The molecule has 2 aromatic carbocycles. The van der Waals surface area contributed by atoms with Gasteiger partial charge in [-0.25, -0.2) is 8.78 Å². The van der Waals surface area contributed by atoms with Gasteiger partial charge in [0.05, 0.1) is 11.7 Å². The highest BCUT2D eigenvalue weighted by molar-refractivity contribution is 5.83. The monoisotopic (exact) mass is 465 g/mol.